The van der Waals surface area contributed by atoms with Crippen molar-refractivity contribution in [2.45, 2.75) is 51.2 Å². The minimum atomic E-state index is -1.47. The van der Waals surface area contributed by atoms with Crippen molar-refractivity contribution in [3.63, 3.8) is 0 Å². The van der Waals surface area contributed by atoms with Gasteiger partial charge in [0.2, 0.25) is 5.91 Å². The van der Waals surface area contributed by atoms with E-state index in [2.05, 4.69) is 30.0 Å². The topological polar surface area (TPSA) is 90.5 Å². The third-order valence-electron chi connectivity index (χ3n) is 4.62. The molecule has 6 nitrogen and oxygen atoms in total. The second-order valence-corrected chi connectivity index (χ2v) is 6.92. The lowest BCUT2D eigenvalue weighted by molar-refractivity contribution is -0.148. The minimum absolute atomic E-state index is 0.178. The van der Waals surface area contributed by atoms with Crippen molar-refractivity contribution >= 4 is 23.5 Å². The number of hydrogen-bond donors (Lipinski definition) is 4. The molecule has 1 heterocycles. The van der Waals surface area contributed by atoms with Gasteiger partial charge in [-0.25, -0.2) is 10.2 Å². The number of hydrazine groups is 1. The number of aliphatic carboxylic acids is 1. The van der Waals surface area contributed by atoms with E-state index in [0.717, 1.165) is 0 Å². The van der Waals surface area contributed by atoms with Gasteiger partial charge in [-0.2, -0.15) is 0 Å². The van der Waals surface area contributed by atoms with E-state index in [1.807, 2.05) is 0 Å². The van der Waals surface area contributed by atoms with E-state index in [4.69, 9.17) is 11.6 Å². The second-order valence-electron chi connectivity index (χ2n) is 6.49. The summed E-state index contributed by atoms with van der Waals surface area (Å²) in [5, 5.41) is 13.0. The normalized spacial score (nSPS) is 23.0. The molecule has 2 rings (SSSR count). The van der Waals surface area contributed by atoms with Gasteiger partial charge < -0.3 is 10.4 Å². The molecular weight excluding hydrogens is 330 g/mol. The molecule has 4 N–H and O–H groups in total. The number of amides is 1. The summed E-state index contributed by atoms with van der Waals surface area (Å²) in [6.45, 7) is 5.88. The van der Waals surface area contributed by atoms with Crippen LogP contribution in [0.4, 0.5) is 0 Å². The molecule has 0 aliphatic carbocycles. The predicted molar refractivity (Wildman–Crippen MR) is 92.5 cm³/mol. The number of carboxylic acid groups (broad SMARTS) is 1. The number of rotatable bonds is 6. The quantitative estimate of drug-likeness (QED) is 0.628. The Balaban J connectivity index is 2.22. The first-order valence-corrected chi connectivity index (χ1v) is 8.50. The molecule has 0 bridgehead atoms. The minimum Gasteiger partial charge on any atom is -0.479 e. The van der Waals surface area contributed by atoms with Crippen LogP contribution in [0.2, 0.25) is 5.02 Å². The zero-order valence-electron chi connectivity index (χ0n) is 14.1. The molecule has 1 aliphatic heterocycles. The first-order chi connectivity index (χ1) is 11.3. The molecule has 1 aromatic rings. The lowest BCUT2D eigenvalue weighted by Gasteiger charge is -2.31. The predicted octanol–water partition coefficient (Wildman–Crippen LogP) is 2.04. The molecule has 0 radical (unpaired) electrons. The van der Waals surface area contributed by atoms with Crippen LogP contribution in [0.1, 0.15) is 39.2 Å². The standard InChI is InChI=1S/C17H24ClN3O3/c1-4-17(16(23)24,11-5-7-12(18)8-6-11)19-15(22)14-9-13(10(2)3)20-21-14/h5-8,10,13-14,20-21H,4,9H2,1-3H3,(H,19,22)(H,23,24). The number of carbonyl (C=O) groups excluding carboxylic acids is 1. The van der Waals surface area contributed by atoms with Gasteiger partial charge in [-0.3, -0.25) is 10.2 Å². The number of benzene rings is 1. The Morgan fingerprint density at radius 3 is 2.42 bits per heavy atom. The number of carboxylic acids is 1. The zero-order chi connectivity index (χ0) is 17.9. The molecular formula is C17H24ClN3O3. The third kappa shape index (κ3) is 3.71. The Morgan fingerprint density at radius 2 is 1.96 bits per heavy atom. The molecule has 0 saturated carbocycles. The highest BCUT2D eigenvalue weighted by molar-refractivity contribution is 6.30. The molecule has 3 atom stereocenters. The molecule has 132 valence electrons. The molecule has 1 aliphatic rings. The van der Waals surface area contributed by atoms with Gasteiger partial charge in [-0.15, -0.1) is 0 Å². The van der Waals surface area contributed by atoms with Gasteiger partial charge in [0, 0.05) is 11.1 Å². The molecule has 1 fully saturated rings. The van der Waals surface area contributed by atoms with Crippen molar-refractivity contribution in [3.8, 4) is 0 Å². The highest BCUT2D eigenvalue weighted by Gasteiger charge is 2.42. The zero-order valence-corrected chi connectivity index (χ0v) is 14.9. The van der Waals surface area contributed by atoms with Crippen molar-refractivity contribution in [1.29, 1.82) is 0 Å². The van der Waals surface area contributed by atoms with Crippen LogP contribution in [0.3, 0.4) is 0 Å². The Bertz CT molecular complexity index is 606. The summed E-state index contributed by atoms with van der Waals surface area (Å²) in [4.78, 5) is 24.6. The van der Waals surface area contributed by atoms with E-state index >= 15 is 0 Å². The molecule has 1 aromatic carbocycles. The van der Waals surface area contributed by atoms with E-state index in [1.54, 1.807) is 31.2 Å². The highest BCUT2D eigenvalue weighted by Crippen LogP contribution is 2.27. The van der Waals surface area contributed by atoms with E-state index in [0.29, 0.717) is 22.9 Å². The van der Waals surface area contributed by atoms with Crippen LogP contribution < -0.4 is 16.2 Å². The van der Waals surface area contributed by atoms with Crippen molar-refractivity contribution in [1.82, 2.24) is 16.2 Å². The molecule has 1 saturated heterocycles. The third-order valence-corrected chi connectivity index (χ3v) is 4.87. The summed E-state index contributed by atoms with van der Waals surface area (Å²) in [5.41, 5.74) is 5.08. The summed E-state index contributed by atoms with van der Waals surface area (Å²) < 4.78 is 0. The lowest BCUT2D eigenvalue weighted by Crippen LogP contribution is -2.56. The maximum absolute atomic E-state index is 12.6. The van der Waals surface area contributed by atoms with Gasteiger partial charge in [0.25, 0.3) is 0 Å². The number of halogens is 1. The van der Waals surface area contributed by atoms with E-state index in [9.17, 15) is 14.7 Å². The Hall–Kier alpha value is -1.63. The Kier molecular flexibility index (Phi) is 5.85. The van der Waals surface area contributed by atoms with Crippen molar-refractivity contribution in [2.24, 2.45) is 5.92 Å². The lowest BCUT2D eigenvalue weighted by atomic mass is 9.86. The average molecular weight is 354 g/mol. The smallest absolute Gasteiger partial charge is 0.334 e. The Labute approximate surface area is 146 Å². The van der Waals surface area contributed by atoms with Gasteiger partial charge in [0.1, 0.15) is 6.04 Å². The monoisotopic (exact) mass is 353 g/mol. The molecule has 1 amide bonds. The fraction of sp³-hybridized carbons (Fsp3) is 0.529. The Morgan fingerprint density at radius 1 is 1.33 bits per heavy atom. The molecule has 3 unspecified atom stereocenters. The van der Waals surface area contributed by atoms with E-state index < -0.39 is 17.6 Å². The molecule has 24 heavy (non-hydrogen) atoms. The SMILES string of the molecule is CCC(NC(=O)C1CC(C(C)C)NN1)(C(=O)O)c1ccc(Cl)cc1. The summed E-state index contributed by atoms with van der Waals surface area (Å²) in [5.74, 6) is -1.04. The summed E-state index contributed by atoms with van der Waals surface area (Å²) in [7, 11) is 0. The van der Waals surface area contributed by atoms with Crippen molar-refractivity contribution in [2.75, 3.05) is 0 Å². The van der Waals surface area contributed by atoms with Crippen LogP contribution in [0, 0.1) is 5.92 Å². The maximum Gasteiger partial charge on any atom is 0.334 e. The number of nitrogens with one attached hydrogen (secondary N) is 3. The largest absolute Gasteiger partial charge is 0.479 e. The highest BCUT2D eigenvalue weighted by atomic mass is 35.5. The summed E-state index contributed by atoms with van der Waals surface area (Å²) in [6.07, 6.45) is 0.840. The van der Waals surface area contributed by atoms with Crippen LogP contribution in [0.5, 0.6) is 0 Å². The van der Waals surface area contributed by atoms with E-state index in [-0.39, 0.29) is 18.4 Å². The van der Waals surface area contributed by atoms with Crippen molar-refractivity contribution < 1.29 is 14.7 Å². The van der Waals surface area contributed by atoms with Crippen LogP contribution in [-0.4, -0.2) is 29.1 Å². The average Bonchev–Trinajstić information content (AvgIpc) is 3.03. The first kappa shape index (κ1) is 18.7. The van der Waals surface area contributed by atoms with Crippen LogP contribution in [-0.2, 0) is 15.1 Å². The van der Waals surface area contributed by atoms with Gasteiger partial charge >= 0.3 is 5.97 Å². The molecule has 7 heteroatoms. The number of carbonyl (C=O) groups is 2. The maximum atomic E-state index is 12.6. The van der Waals surface area contributed by atoms with Gasteiger partial charge in [-0.05, 0) is 36.5 Å². The molecule has 0 spiro atoms. The van der Waals surface area contributed by atoms with Gasteiger partial charge in [0.15, 0.2) is 5.54 Å². The van der Waals surface area contributed by atoms with Crippen LogP contribution in [0.25, 0.3) is 0 Å². The molecule has 0 aromatic heterocycles. The van der Waals surface area contributed by atoms with Crippen molar-refractivity contribution in [3.05, 3.63) is 34.9 Å². The first-order valence-electron chi connectivity index (χ1n) is 8.12. The van der Waals surface area contributed by atoms with Crippen LogP contribution in [0.15, 0.2) is 24.3 Å². The second kappa shape index (κ2) is 7.51. The summed E-state index contributed by atoms with van der Waals surface area (Å²) in [6, 6.07) is 6.24. The fourth-order valence-corrected chi connectivity index (χ4v) is 3.04. The fourth-order valence-electron chi connectivity index (χ4n) is 2.92. The van der Waals surface area contributed by atoms with Crippen LogP contribution >= 0.6 is 11.6 Å². The van der Waals surface area contributed by atoms with Gasteiger partial charge in [-0.1, -0.05) is 44.5 Å². The van der Waals surface area contributed by atoms with Gasteiger partial charge in [0.05, 0.1) is 0 Å². The van der Waals surface area contributed by atoms with E-state index in [1.165, 1.54) is 0 Å². The number of hydrogen-bond acceptors (Lipinski definition) is 4. The summed E-state index contributed by atoms with van der Waals surface area (Å²) >= 11 is 5.89.